The molecule has 0 amide bonds. The highest BCUT2D eigenvalue weighted by atomic mass is 16.5. The molecule has 0 fully saturated rings. The van der Waals surface area contributed by atoms with Crippen molar-refractivity contribution in [1.82, 2.24) is 9.55 Å². The van der Waals surface area contributed by atoms with Gasteiger partial charge in [0.15, 0.2) is 0 Å². The van der Waals surface area contributed by atoms with Gasteiger partial charge in [-0.05, 0) is 18.6 Å². The summed E-state index contributed by atoms with van der Waals surface area (Å²) in [6.07, 6.45) is 4.72. The third kappa shape index (κ3) is 3.39. The van der Waals surface area contributed by atoms with E-state index in [1.54, 1.807) is 6.07 Å². The Labute approximate surface area is 119 Å². The van der Waals surface area contributed by atoms with Crippen LogP contribution in [0, 0.1) is 11.3 Å². The van der Waals surface area contributed by atoms with Gasteiger partial charge in [0.1, 0.15) is 17.6 Å². The molecule has 0 unspecified atom stereocenters. The van der Waals surface area contributed by atoms with E-state index in [0.717, 1.165) is 18.8 Å². The summed E-state index contributed by atoms with van der Waals surface area (Å²) >= 11 is 0. The summed E-state index contributed by atoms with van der Waals surface area (Å²) in [6.45, 7) is 5.74. The van der Waals surface area contributed by atoms with E-state index in [4.69, 9.17) is 10.00 Å². The second kappa shape index (κ2) is 6.76. The highest BCUT2D eigenvalue weighted by Crippen LogP contribution is 2.17. The van der Waals surface area contributed by atoms with E-state index >= 15 is 0 Å². The minimum atomic E-state index is 0.422. The first-order chi connectivity index (χ1) is 9.72. The lowest BCUT2D eigenvalue weighted by Crippen LogP contribution is -2.08. The molecular formula is C16H19N3O. The Kier molecular flexibility index (Phi) is 4.78. The number of nitrogens with zero attached hydrogens (tertiary/aromatic N) is 3. The molecule has 2 aromatic rings. The summed E-state index contributed by atoms with van der Waals surface area (Å²) in [6, 6.07) is 9.45. The van der Waals surface area contributed by atoms with Crippen LogP contribution in [0.3, 0.4) is 0 Å². The fourth-order valence-electron chi connectivity index (χ4n) is 2.11. The lowest BCUT2D eigenvalue weighted by atomic mass is 10.2. The molecule has 1 aromatic carbocycles. The zero-order chi connectivity index (χ0) is 14.4. The summed E-state index contributed by atoms with van der Waals surface area (Å²) < 4.78 is 7.83. The molecule has 0 radical (unpaired) electrons. The van der Waals surface area contributed by atoms with Gasteiger partial charge in [-0.2, -0.15) is 5.26 Å². The Morgan fingerprint density at radius 3 is 2.90 bits per heavy atom. The van der Waals surface area contributed by atoms with E-state index in [9.17, 15) is 0 Å². The predicted molar refractivity (Wildman–Crippen MR) is 77.6 cm³/mol. The van der Waals surface area contributed by atoms with Crippen LogP contribution in [0.2, 0.25) is 0 Å². The number of aryl methyl sites for hydroxylation is 1. The van der Waals surface area contributed by atoms with E-state index in [1.165, 1.54) is 0 Å². The van der Waals surface area contributed by atoms with Crippen LogP contribution in [0.15, 0.2) is 36.7 Å². The molecule has 0 aliphatic heterocycles. The van der Waals surface area contributed by atoms with Crippen LogP contribution in [-0.2, 0) is 6.54 Å². The molecule has 104 valence electrons. The molecule has 0 saturated heterocycles. The molecule has 0 aliphatic carbocycles. The molecule has 0 atom stereocenters. The van der Waals surface area contributed by atoms with Gasteiger partial charge in [0.2, 0.25) is 0 Å². The maximum absolute atomic E-state index is 8.98. The van der Waals surface area contributed by atoms with Gasteiger partial charge in [0.25, 0.3) is 0 Å². The number of para-hydroxylation sites is 1. The molecule has 1 heterocycles. The maximum atomic E-state index is 8.98. The Hall–Kier alpha value is -2.28. The van der Waals surface area contributed by atoms with Crippen LogP contribution in [0.1, 0.15) is 37.6 Å². The number of nitriles is 1. The number of hydrogen-bond donors (Lipinski definition) is 0. The maximum Gasteiger partial charge on any atom is 0.137 e. The normalized spacial score (nSPS) is 10.5. The number of rotatable bonds is 6. The van der Waals surface area contributed by atoms with Crippen molar-refractivity contribution in [2.24, 2.45) is 0 Å². The van der Waals surface area contributed by atoms with Crippen molar-refractivity contribution in [3.63, 3.8) is 0 Å². The standard InChI is InChI=1S/C16H19N3O/c1-13(2)16-18-8-10-19(16)9-5-11-20-15-7-4-3-6-14(15)12-17/h3-4,6-8,10,13H,5,9,11H2,1-2H3. The minimum absolute atomic E-state index is 0.422. The molecule has 0 bridgehead atoms. The molecule has 4 heteroatoms. The van der Waals surface area contributed by atoms with Crippen LogP contribution < -0.4 is 4.74 Å². The van der Waals surface area contributed by atoms with E-state index in [-0.39, 0.29) is 0 Å². The summed E-state index contributed by atoms with van der Waals surface area (Å²) in [4.78, 5) is 4.36. The quantitative estimate of drug-likeness (QED) is 0.756. The minimum Gasteiger partial charge on any atom is -0.492 e. The second-order valence-corrected chi connectivity index (χ2v) is 4.94. The van der Waals surface area contributed by atoms with Crippen molar-refractivity contribution < 1.29 is 4.74 Å². The summed E-state index contributed by atoms with van der Waals surface area (Å²) in [7, 11) is 0. The van der Waals surface area contributed by atoms with Gasteiger partial charge in [-0.15, -0.1) is 0 Å². The molecule has 1 aromatic heterocycles. The number of imidazole rings is 1. The average molecular weight is 269 g/mol. The molecule has 20 heavy (non-hydrogen) atoms. The molecule has 4 nitrogen and oxygen atoms in total. The van der Waals surface area contributed by atoms with Crippen LogP contribution in [0.5, 0.6) is 5.75 Å². The predicted octanol–water partition coefficient (Wildman–Crippen LogP) is 3.35. The van der Waals surface area contributed by atoms with Crippen LogP contribution in [0.25, 0.3) is 0 Å². The van der Waals surface area contributed by atoms with E-state index in [2.05, 4.69) is 29.5 Å². The molecule has 0 spiro atoms. The second-order valence-electron chi connectivity index (χ2n) is 4.94. The number of ether oxygens (including phenoxy) is 1. The highest BCUT2D eigenvalue weighted by molar-refractivity contribution is 5.42. The van der Waals surface area contributed by atoms with Gasteiger partial charge in [-0.25, -0.2) is 4.98 Å². The van der Waals surface area contributed by atoms with Crippen LogP contribution in [-0.4, -0.2) is 16.2 Å². The first-order valence-corrected chi connectivity index (χ1v) is 6.85. The van der Waals surface area contributed by atoms with Gasteiger partial charge in [-0.1, -0.05) is 26.0 Å². The Bertz CT molecular complexity index is 596. The number of aromatic nitrogens is 2. The van der Waals surface area contributed by atoms with Crippen LogP contribution >= 0.6 is 0 Å². The third-order valence-electron chi connectivity index (χ3n) is 3.07. The van der Waals surface area contributed by atoms with Gasteiger partial charge in [-0.3, -0.25) is 0 Å². The van der Waals surface area contributed by atoms with Gasteiger partial charge >= 0.3 is 0 Å². The topological polar surface area (TPSA) is 50.8 Å². The Balaban J connectivity index is 1.85. The summed E-state index contributed by atoms with van der Waals surface area (Å²) in [5, 5.41) is 8.98. The van der Waals surface area contributed by atoms with E-state index in [1.807, 2.05) is 30.6 Å². The fourth-order valence-corrected chi connectivity index (χ4v) is 2.11. The highest BCUT2D eigenvalue weighted by Gasteiger charge is 2.07. The van der Waals surface area contributed by atoms with Crippen molar-refractivity contribution in [3.05, 3.63) is 48.0 Å². The van der Waals surface area contributed by atoms with Gasteiger partial charge in [0, 0.05) is 24.9 Å². The van der Waals surface area contributed by atoms with Gasteiger partial charge < -0.3 is 9.30 Å². The smallest absolute Gasteiger partial charge is 0.137 e. The van der Waals surface area contributed by atoms with Crippen molar-refractivity contribution >= 4 is 0 Å². The van der Waals surface area contributed by atoms with Crippen LogP contribution in [0.4, 0.5) is 0 Å². The van der Waals surface area contributed by atoms with Crippen molar-refractivity contribution in [1.29, 1.82) is 5.26 Å². The largest absolute Gasteiger partial charge is 0.492 e. The zero-order valence-corrected chi connectivity index (χ0v) is 11.9. The summed E-state index contributed by atoms with van der Waals surface area (Å²) in [5.41, 5.74) is 0.581. The average Bonchev–Trinajstić information content (AvgIpc) is 2.92. The van der Waals surface area contributed by atoms with E-state index in [0.29, 0.717) is 23.8 Å². The van der Waals surface area contributed by atoms with Gasteiger partial charge in [0.05, 0.1) is 12.2 Å². The lowest BCUT2D eigenvalue weighted by molar-refractivity contribution is 0.300. The lowest BCUT2D eigenvalue weighted by Gasteiger charge is -2.11. The van der Waals surface area contributed by atoms with E-state index < -0.39 is 0 Å². The Morgan fingerprint density at radius 2 is 2.15 bits per heavy atom. The SMILES string of the molecule is CC(C)c1nccn1CCCOc1ccccc1C#N. The van der Waals surface area contributed by atoms with Crippen molar-refractivity contribution in [2.45, 2.75) is 32.7 Å². The zero-order valence-electron chi connectivity index (χ0n) is 11.9. The number of benzene rings is 1. The molecule has 2 rings (SSSR count). The first kappa shape index (κ1) is 14.1. The molecule has 0 saturated carbocycles. The Morgan fingerprint density at radius 1 is 1.35 bits per heavy atom. The summed E-state index contributed by atoms with van der Waals surface area (Å²) in [5.74, 6) is 2.18. The fraction of sp³-hybridized carbons (Fsp3) is 0.375. The number of hydrogen-bond acceptors (Lipinski definition) is 3. The monoisotopic (exact) mass is 269 g/mol. The molecular weight excluding hydrogens is 250 g/mol. The molecule has 0 N–H and O–H groups in total. The van der Waals surface area contributed by atoms with Crippen molar-refractivity contribution in [3.8, 4) is 11.8 Å². The van der Waals surface area contributed by atoms with Crippen molar-refractivity contribution in [2.75, 3.05) is 6.61 Å². The molecule has 0 aliphatic rings. The first-order valence-electron chi connectivity index (χ1n) is 6.85. The third-order valence-corrected chi connectivity index (χ3v) is 3.07.